The maximum Gasteiger partial charge on any atom is 0.119 e. The van der Waals surface area contributed by atoms with Crippen LogP contribution < -0.4 is 4.74 Å². The second kappa shape index (κ2) is 7.43. The molecule has 1 saturated heterocycles. The highest BCUT2D eigenvalue weighted by atomic mass is 16.5. The molecule has 20 heavy (non-hydrogen) atoms. The molecular weight excluding hydrogens is 254 g/mol. The Bertz CT molecular complexity index is 418. The summed E-state index contributed by atoms with van der Waals surface area (Å²) in [4.78, 5) is 2.34. The van der Waals surface area contributed by atoms with E-state index in [9.17, 15) is 5.11 Å². The largest absolute Gasteiger partial charge is 0.490 e. The first-order valence-electron chi connectivity index (χ1n) is 7.02. The second-order valence-corrected chi connectivity index (χ2v) is 5.16. The van der Waals surface area contributed by atoms with E-state index in [0.29, 0.717) is 19.3 Å². The third-order valence-corrected chi connectivity index (χ3v) is 3.52. The van der Waals surface area contributed by atoms with Crippen molar-refractivity contribution >= 4 is 0 Å². The molecule has 1 aliphatic rings. The molecule has 0 aromatic heterocycles. The summed E-state index contributed by atoms with van der Waals surface area (Å²) in [5.74, 6) is 0.858. The Morgan fingerprint density at radius 3 is 2.85 bits per heavy atom. The van der Waals surface area contributed by atoms with Crippen LogP contribution >= 0.6 is 0 Å². The molecule has 0 radical (unpaired) electrons. The van der Waals surface area contributed by atoms with Gasteiger partial charge in [0.1, 0.15) is 12.4 Å². The number of aliphatic hydroxyl groups is 1. The van der Waals surface area contributed by atoms with E-state index in [4.69, 9.17) is 9.47 Å². The summed E-state index contributed by atoms with van der Waals surface area (Å²) < 4.78 is 11.0. The molecule has 1 aromatic rings. The zero-order valence-corrected chi connectivity index (χ0v) is 12.0. The standard InChI is InChI=1S/C16H23NO3/c1-3-8-19-15-6-4-14(5-7-15)9-17-10-16(11-18)20-12-13(17)2/h3-7,13,16,18H,1,8-12H2,2H3. The van der Waals surface area contributed by atoms with Crippen molar-refractivity contribution in [3.63, 3.8) is 0 Å². The van der Waals surface area contributed by atoms with Crippen LogP contribution in [0.2, 0.25) is 0 Å². The second-order valence-electron chi connectivity index (χ2n) is 5.16. The number of ether oxygens (including phenoxy) is 2. The van der Waals surface area contributed by atoms with Crippen molar-refractivity contribution in [2.75, 3.05) is 26.4 Å². The van der Waals surface area contributed by atoms with Crippen molar-refractivity contribution in [3.8, 4) is 5.75 Å². The van der Waals surface area contributed by atoms with E-state index in [2.05, 4.69) is 30.5 Å². The molecule has 0 aliphatic carbocycles. The van der Waals surface area contributed by atoms with Crippen LogP contribution in [0.1, 0.15) is 12.5 Å². The summed E-state index contributed by atoms with van der Waals surface area (Å²) in [6, 6.07) is 8.49. The molecule has 0 amide bonds. The fourth-order valence-corrected chi connectivity index (χ4v) is 2.29. The van der Waals surface area contributed by atoms with E-state index in [1.54, 1.807) is 6.08 Å². The Morgan fingerprint density at radius 2 is 2.20 bits per heavy atom. The SMILES string of the molecule is C=CCOc1ccc(CN2CC(CO)OCC2C)cc1. The van der Waals surface area contributed by atoms with Crippen molar-refractivity contribution in [3.05, 3.63) is 42.5 Å². The van der Waals surface area contributed by atoms with Gasteiger partial charge in [0.05, 0.1) is 19.3 Å². The molecular formula is C16H23NO3. The Balaban J connectivity index is 1.92. The van der Waals surface area contributed by atoms with Gasteiger partial charge in [0.15, 0.2) is 0 Å². The topological polar surface area (TPSA) is 41.9 Å². The molecule has 0 bridgehead atoms. The molecule has 2 rings (SSSR count). The first-order chi connectivity index (χ1) is 9.72. The summed E-state index contributed by atoms with van der Waals surface area (Å²) >= 11 is 0. The van der Waals surface area contributed by atoms with Gasteiger partial charge in [-0.3, -0.25) is 4.90 Å². The van der Waals surface area contributed by atoms with Gasteiger partial charge in [0.25, 0.3) is 0 Å². The van der Waals surface area contributed by atoms with E-state index in [1.807, 2.05) is 12.1 Å². The van der Waals surface area contributed by atoms with Crippen molar-refractivity contribution < 1.29 is 14.6 Å². The van der Waals surface area contributed by atoms with Gasteiger partial charge in [-0.25, -0.2) is 0 Å². The van der Waals surface area contributed by atoms with E-state index in [0.717, 1.165) is 18.8 Å². The lowest BCUT2D eigenvalue weighted by Gasteiger charge is -2.37. The van der Waals surface area contributed by atoms with Gasteiger partial charge in [-0.05, 0) is 24.6 Å². The highest BCUT2D eigenvalue weighted by molar-refractivity contribution is 5.27. The van der Waals surface area contributed by atoms with Gasteiger partial charge in [0, 0.05) is 19.1 Å². The van der Waals surface area contributed by atoms with Gasteiger partial charge in [0.2, 0.25) is 0 Å². The smallest absolute Gasteiger partial charge is 0.119 e. The molecule has 0 spiro atoms. The van der Waals surface area contributed by atoms with Crippen LogP contribution in [0.15, 0.2) is 36.9 Å². The quantitative estimate of drug-likeness (QED) is 0.806. The van der Waals surface area contributed by atoms with Crippen LogP contribution in [0.25, 0.3) is 0 Å². The fourth-order valence-electron chi connectivity index (χ4n) is 2.29. The van der Waals surface area contributed by atoms with Gasteiger partial charge in [-0.15, -0.1) is 0 Å². The van der Waals surface area contributed by atoms with Gasteiger partial charge < -0.3 is 14.6 Å². The Morgan fingerprint density at radius 1 is 1.45 bits per heavy atom. The molecule has 1 aromatic carbocycles. The average molecular weight is 277 g/mol. The molecule has 1 aliphatic heterocycles. The maximum atomic E-state index is 9.20. The fraction of sp³-hybridized carbons (Fsp3) is 0.500. The van der Waals surface area contributed by atoms with Crippen molar-refractivity contribution in [1.82, 2.24) is 4.90 Å². The number of hydrogen-bond donors (Lipinski definition) is 1. The normalized spacial score (nSPS) is 23.5. The van der Waals surface area contributed by atoms with Crippen molar-refractivity contribution in [1.29, 1.82) is 0 Å². The molecule has 1 heterocycles. The molecule has 110 valence electrons. The summed E-state index contributed by atoms with van der Waals surface area (Å²) in [7, 11) is 0. The first kappa shape index (κ1) is 15.0. The van der Waals surface area contributed by atoms with Crippen LogP contribution in [-0.4, -0.2) is 48.5 Å². The van der Waals surface area contributed by atoms with Crippen LogP contribution in [0.4, 0.5) is 0 Å². The number of rotatable bonds is 6. The molecule has 0 saturated carbocycles. The van der Waals surface area contributed by atoms with Crippen LogP contribution in [0, 0.1) is 0 Å². The minimum Gasteiger partial charge on any atom is -0.490 e. The average Bonchev–Trinajstić information content (AvgIpc) is 2.49. The highest BCUT2D eigenvalue weighted by Crippen LogP contribution is 2.18. The third-order valence-electron chi connectivity index (χ3n) is 3.52. The number of aliphatic hydroxyl groups excluding tert-OH is 1. The summed E-state index contributed by atoms with van der Waals surface area (Å²) in [6.45, 7) is 8.69. The lowest BCUT2D eigenvalue weighted by Crippen LogP contribution is -2.48. The molecule has 1 N–H and O–H groups in total. The highest BCUT2D eigenvalue weighted by Gasteiger charge is 2.25. The third kappa shape index (κ3) is 4.07. The van der Waals surface area contributed by atoms with E-state index in [-0.39, 0.29) is 12.7 Å². The molecule has 2 atom stereocenters. The van der Waals surface area contributed by atoms with Crippen molar-refractivity contribution in [2.45, 2.75) is 25.6 Å². The number of benzene rings is 1. The molecule has 2 unspecified atom stereocenters. The minimum absolute atomic E-state index is 0.0682. The number of morpholine rings is 1. The Hall–Kier alpha value is -1.36. The summed E-state index contributed by atoms with van der Waals surface area (Å²) in [5, 5.41) is 9.20. The lowest BCUT2D eigenvalue weighted by atomic mass is 10.1. The minimum atomic E-state index is -0.0682. The van der Waals surface area contributed by atoms with Crippen LogP contribution in [0.5, 0.6) is 5.75 Å². The number of nitrogens with zero attached hydrogens (tertiary/aromatic N) is 1. The van der Waals surface area contributed by atoms with Crippen LogP contribution in [0.3, 0.4) is 0 Å². The monoisotopic (exact) mass is 277 g/mol. The Labute approximate surface area is 120 Å². The first-order valence-corrected chi connectivity index (χ1v) is 7.02. The molecule has 1 fully saturated rings. The molecule has 4 nitrogen and oxygen atoms in total. The maximum absolute atomic E-state index is 9.20. The predicted octanol–water partition coefficient (Wildman–Crippen LogP) is 1.83. The predicted molar refractivity (Wildman–Crippen MR) is 78.8 cm³/mol. The van der Waals surface area contributed by atoms with Gasteiger partial charge in [-0.1, -0.05) is 24.8 Å². The van der Waals surface area contributed by atoms with Crippen LogP contribution in [-0.2, 0) is 11.3 Å². The van der Waals surface area contributed by atoms with E-state index < -0.39 is 0 Å². The zero-order chi connectivity index (χ0) is 14.4. The zero-order valence-electron chi connectivity index (χ0n) is 12.0. The van der Waals surface area contributed by atoms with Crippen molar-refractivity contribution in [2.24, 2.45) is 0 Å². The molecule has 4 heteroatoms. The van der Waals surface area contributed by atoms with Gasteiger partial charge in [-0.2, -0.15) is 0 Å². The number of hydrogen-bond acceptors (Lipinski definition) is 4. The summed E-state index contributed by atoms with van der Waals surface area (Å²) in [6.07, 6.45) is 1.67. The van der Waals surface area contributed by atoms with E-state index in [1.165, 1.54) is 5.56 Å². The lowest BCUT2D eigenvalue weighted by molar-refractivity contribution is -0.0805. The summed E-state index contributed by atoms with van der Waals surface area (Å²) in [5.41, 5.74) is 1.24. The van der Waals surface area contributed by atoms with Gasteiger partial charge >= 0.3 is 0 Å². The van der Waals surface area contributed by atoms with E-state index >= 15 is 0 Å². The Kier molecular flexibility index (Phi) is 5.59.